The lowest BCUT2D eigenvalue weighted by Gasteiger charge is -2.22. The quantitative estimate of drug-likeness (QED) is 0.532. The number of hydrogen-bond donors (Lipinski definition) is 1. The van der Waals surface area contributed by atoms with Crippen LogP contribution in [0.5, 0.6) is 0 Å². The topological polar surface area (TPSA) is 45.3 Å². The Balaban J connectivity index is 1.83. The summed E-state index contributed by atoms with van der Waals surface area (Å²) in [5, 5.41) is 10.4. The molecule has 0 aromatic carbocycles. The van der Waals surface area contributed by atoms with Gasteiger partial charge in [-0.2, -0.15) is 0 Å². The third kappa shape index (κ3) is 1.93. The van der Waals surface area contributed by atoms with Gasteiger partial charge in [-0.05, 0) is 38.5 Å². The van der Waals surface area contributed by atoms with E-state index >= 15 is 0 Å². The summed E-state index contributed by atoms with van der Waals surface area (Å²) in [5.74, 6) is 0. The maximum Gasteiger partial charge on any atom is 0.120 e. The molecule has 2 aliphatic heterocycles. The Morgan fingerprint density at radius 3 is 2.78 bits per heavy atom. The predicted octanol–water partition coefficient (Wildman–Crippen LogP) is 2.43. The van der Waals surface area contributed by atoms with Crippen molar-refractivity contribution in [3.8, 4) is 0 Å². The molecule has 2 heterocycles. The van der Waals surface area contributed by atoms with E-state index in [9.17, 15) is 5.11 Å². The van der Waals surface area contributed by atoms with Crippen LogP contribution < -0.4 is 0 Å². The minimum atomic E-state index is -0.481. The van der Waals surface area contributed by atoms with Gasteiger partial charge in [-0.3, -0.25) is 0 Å². The van der Waals surface area contributed by atoms with Crippen LogP contribution in [-0.4, -0.2) is 35.1 Å². The molecule has 3 heteroatoms. The van der Waals surface area contributed by atoms with Gasteiger partial charge in [0.15, 0.2) is 0 Å². The highest BCUT2D eigenvalue weighted by Crippen LogP contribution is 2.51. The van der Waals surface area contributed by atoms with Gasteiger partial charge >= 0.3 is 0 Å². The highest BCUT2D eigenvalue weighted by molar-refractivity contribution is 5.16. The minimum absolute atomic E-state index is 0.0400. The van der Waals surface area contributed by atoms with Gasteiger partial charge in [0.1, 0.15) is 17.8 Å². The Morgan fingerprint density at radius 2 is 2.06 bits per heavy atom. The lowest BCUT2D eigenvalue weighted by molar-refractivity contribution is 0.0593. The molecule has 0 radical (unpaired) electrons. The second-order valence-electron chi connectivity index (χ2n) is 7.04. The summed E-state index contributed by atoms with van der Waals surface area (Å²) in [7, 11) is 0. The Labute approximate surface area is 109 Å². The fourth-order valence-electron chi connectivity index (χ4n) is 3.21. The van der Waals surface area contributed by atoms with E-state index in [-0.39, 0.29) is 29.3 Å². The molecule has 0 bridgehead atoms. The van der Waals surface area contributed by atoms with E-state index in [1.807, 2.05) is 6.92 Å². The van der Waals surface area contributed by atoms with E-state index < -0.39 is 6.10 Å². The predicted molar refractivity (Wildman–Crippen MR) is 69.3 cm³/mol. The van der Waals surface area contributed by atoms with E-state index in [1.165, 1.54) is 5.57 Å². The molecule has 2 fully saturated rings. The van der Waals surface area contributed by atoms with Crippen molar-refractivity contribution >= 4 is 0 Å². The lowest BCUT2D eigenvalue weighted by Crippen LogP contribution is -2.37. The molecule has 3 nitrogen and oxygen atoms in total. The molecule has 1 aliphatic carbocycles. The van der Waals surface area contributed by atoms with Crippen LogP contribution in [0.4, 0.5) is 0 Å². The summed E-state index contributed by atoms with van der Waals surface area (Å²) in [5.41, 5.74) is 1.15. The van der Waals surface area contributed by atoms with Crippen molar-refractivity contribution in [2.75, 3.05) is 0 Å². The fraction of sp³-hybridized carbons (Fsp3) is 0.867. The number of allylic oxidation sites excluding steroid dienone is 2. The van der Waals surface area contributed by atoms with Crippen molar-refractivity contribution < 1.29 is 14.6 Å². The molecule has 1 unspecified atom stereocenters. The molecular formula is C15H24O3. The van der Waals surface area contributed by atoms with Gasteiger partial charge < -0.3 is 14.6 Å². The van der Waals surface area contributed by atoms with Gasteiger partial charge in [0.05, 0.1) is 12.2 Å². The summed E-state index contributed by atoms with van der Waals surface area (Å²) in [6, 6.07) is 0. The van der Waals surface area contributed by atoms with E-state index in [1.54, 1.807) is 0 Å². The van der Waals surface area contributed by atoms with Crippen molar-refractivity contribution in [1.82, 2.24) is 0 Å². The molecule has 0 aromatic heterocycles. The first kappa shape index (κ1) is 12.6. The second-order valence-corrected chi connectivity index (χ2v) is 7.04. The van der Waals surface area contributed by atoms with Crippen molar-refractivity contribution in [2.45, 2.75) is 77.0 Å². The molecule has 0 aromatic rings. The Bertz CT molecular complexity index is 387. The standard InChI is InChI=1S/C15H24O3/c1-9-5-6-10-15(4,18-10)12(16)11-13(17-11)14(2,3)8-7-9/h7,10-13,16H,5-6,8H2,1-4H3/b9-7-/t10-,11-,12?,13-,15-/m0/s1. The van der Waals surface area contributed by atoms with Crippen LogP contribution in [0, 0.1) is 5.41 Å². The van der Waals surface area contributed by atoms with Crippen LogP contribution in [-0.2, 0) is 9.47 Å². The Hall–Kier alpha value is -0.380. The SMILES string of the molecule is C/C1=C/CC(C)(C)[C@H]2O[C@H]2C(O)[C@@]2(C)O[C@H]2CC1. The number of fused-ring (bicyclic) bond motifs is 2. The number of aliphatic hydroxyl groups is 1. The zero-order valence-corrected chi connectivity index (χ0v) is 11.8. The van der Waals surface area contributed by atoms with Crippen LogP contribution in [0.1, 0.15) is 47.0 Å². The van der Waals surface area contributed by atoms with Crippen LogP contribution in [0.25, 0.3) is 0 Å². The van der Waals surface area contributed by atoms with Crippen molar-refractivity contribution in [2.24, 2.45) is 5.41 Å². The average molecular weight is 252 g/mol. The van der Waals surface area contributed by atoms with Crippen LogP contribution in [0.2, 0.25) is 0 Å². The highest BCUT2D eigenvalue weighted by Gasteiger charge is 2.65. The molecule has 18 heavy (non-hydrogen) atoms. The minimum Gasteiger partial charge on any atom is -0.387 e. The Kier molecular flexibility index (Phi) is 2.68. The molecule has 5 atom stereocenters. The zero-order valence-electron chi connectivity index (χ0n) is 11.8. The Morgan fingerprint density at radius 1 is 1.33 bits per heavy atom. The molecular weight excluding hydrogens is 228 g/mol. The van der Waals surface area contributed by atoms with Crippen molar-refractivity contribution in [3.05, 3.63) is 11.6 Å². The summed E-state index contributed by atoms with van der Waals surface area (Å²) >= 11 is 0. The molecule has 1 N–H and O–H groups in total. The number of rotatable bonds is 0. The molecule has 0 spiro atoms. The van der Waals surface area contributed by atoms with Gasteiger partial charge in [0.2, 0.25) is 0 Å². The van der Waals surface area contributed by atoms with Gasteiger partial charge in [-0.1, -0.05) is 25.5 Å². The first-order valence-corrected chi connectivity index (χ1v) is 7.01. The van der Waals surface area contributed by atoms with Gasteiger partial charge in [-0.15, -0.1) is 0 Å². The van der Waals surface area contributed by atoms with Crippen LogP contribution in [0.3, 0.4) is 0 Å². The third-order valence-electron chi connectivity index (χ3n) is 4.95. The van der Waals surface area contributed by atoms with Crippen LogP contribution >= 0.6 is 0 Å². The van der Waals surface area contributed by atoms with Crippen LogP contribution in [0.15, 0.2) is 11.6 Å². The number of epoxide rings is 2. The summed E-state index contributed by atoms with van der Waals surface area (Å²) in [6.07, 6.45) is 5.27. The van der Waals surface area contributed by atoms with Crippen molar-refractivity contribution in [1.29, 1.82) is 0 Å². The molecule has 2 saturated heterocycles. The molecule has 0 saturated carbocycles. The van der Waals surface area contributed by atoms with Gasteiger partial charge in [0, 0.05) is 0 Å². The molecule has 3 aliphatic rings. The summed E-state index contributed by atoms with van der Waals surface area (Å²) < 4.78 is 11.5. The zero-order chi connectivity index (χ0) is 13.1. The fourth-order valence-corrected chi connectivity index (χ4v) is 3.21. The number of ether oxygens (including phenoxy) is 2. The number of hydrogen-bond acceptors (Lipinski definition) is 3. The summed E-state index contributed by atoms with van der Waals surface area (Å²) in [4.78, 5) is 0. The largest absolute Gasteiger partial charge is 0.387 e. The first-order chi connectivity index (χ1) is 8.34. The van der Waals surface area contributed by atoms with E-state index in [2.05, 4.69) is 26.8 Å². The van der Waals surface area contributed by atoms with Gasteiger partial charge in [-0.25, -0.2) is 0 Å². The summed E-state index contributed by atoms with van der Waals surface area (Å²) in [6.45, 7) is 8.65. The lowest BCUT2D eigenvalue weighted by atomic mass is 9.81. The van der Waals surface area contributed by atoms with E-state index in [0.29, 0.717) is 0 Å². The van der Waals surface area contributed by atoms with E-state index in [0.717, 1.165) is 19.3 Å². The van der Waals surface area contributed by atoms with Crippen molar-refractivity contribution in [3.63, 3.8) is 0 Å². The monoisotopic (exact) mass is 252 g/mol. The highest BCUT2D eigenvalue weighted by atomic mass is 16.6. The second kappa shape index (κ2) is 3.81. The smallest absolute Gasteiger partial charge is 0.120 e. The first-order valence-electron chi connectivity index (χ1n) is 7.01. The average Bonchev–Trinajstić information content (AvgIpc) is 3.17. The maximum absolute atomic E-state index is 10.4. The maximum atomic E-state index is 10.4. The number of aliphatic hydroxyl groups excluding tert-OH is 1. The van der Waals surface area contributed by atoms with Gasteiger partial charge in [0.25, 0.3) is 0 Å². The normalized spacial score (nSPS) is 53.3. The third-order valence-corrected chi connectivity index (χ3v) is 4.95. The van der Waals surface area contributed by atoms with E-state index in [4.69, 9.17) is 9.47 Å². The molecule has 0 amide bonds. The molecule has 102 valence electrons. The molecule has 3 rings (SSSR count).